The van der Waals surface area contributed by atoms with Crippen LogP contribution in [-0.4, -0.2) is 64.0 Å². The highest BCUT2D eigenvalue weighted by molar-refractivity contribution is 6.63. The quantitative estimate of drug-likeness (QED) is 0.607. The molecule has 1 aromatic heterocycles. The second-order valence-electron chi connectivity index (χ2n) is 12.3. The van der Waals surface area contributed by atoms with E-state index in [1.165, 1.54) is 0 Å². The van der Waals surface area contributed by atoms with Gasteiger partial charge in [0.15, 0.2) is 0 Å². The van der Waals surface area contributed by atoms with Crippen molar-refractivity contribution >= 4 is 35.5 Å². The molecule has 0 spiro atoms. The fourth-order valence-corrected chi connectivity index (χ4v) is 4.77. The Bertz CT molecular complexity index is 1110. The standard InChI is InChI=1S/C27H41BN4O4/c1-17-14-22-18(15-21(17)28-35-26(5,6)27(7,8)36-28)16-29-23(31-22)30-19-10-12-20(13-11-19)32(9)24(33)34-25(2,3)4/h14-16,19-20H,10-13H2,1-9H3,(H,29,30,31). The minimum Gasteiger partial charge on any atom is -0.444 e. The molecule has 9 heteroatoms. The van der Waals surface area contributed by atoms with Crippen molar-refractivity contribution in [2.45, 2.75) is 110 Å². The van der Waals surface area contributed by atoms with E-state index in [9.17, 15) is 4.79 Å². The van der Waals surface area contributed by atoms with Crippen LogP contribution in [-0.2, 0) is 14.0 Å². The molecule has 196 valence electrons. The number of carbonyl (C=O) groups is 1. The van der Waals surface area contributed by atoms with Crippen LogP contribution in [0.2, 0.25) is 0 Å². The molecule has 2 aliphatic rings. The number of fused-ring (bicyclic) bond motifs is 1. The Labute approximate surface area is 215 Å². The second-order valence-corrected chi connectivity index (χ2v) is 12.3. The number of carbonyl (C=O) groups excluding carboxylic acids is 1. The second kappa shape index (κ2) is 9.49. The summed E-state index contributed by atoms with van der Waals surface area (Å²) in [6.45, 7) is 16.0. The summed E-state index contributed by atoms with van der Waals surface area (Å²) in [5, 5.41) is 4.46. The highest BCUT2D eigenvalue weighted by Crippen LogP contribution is 2.37. The zero-order chi connectivity index (χ0) is 26.5. The lowest BCUT2D eigenvalue weighted by Crippen LogP contribution is -2.43. The zero-order valence-electron chi connectivity index (χ0n) is 23.3. The van der Waals surface area contributed by atoms with E-state index in [-0.39, 0.29) is 29.4 Å². The van der Waals surface area contributed by atoms with Gasteiger partial charge >= 0.3 is 13.2 Å². The number of rotatable bonds is 4. The highest BCUT2D eigenvalue weighted by atomic mass is 16.7. The molecular weight excluding hydrogens is 455 g/mol. The molecule has 2 fully saturated rings. The number of benzene rings is 1. The number of aromatic nitrogens is 2. The molecule has 1 saturated heterocycles. The van der Waals surface area contributed by atoms with Gasteiger partial charge in [0.05, 0.1) is 16.7 Å². The first kappa shape index (κ1) is 26.7. The third kappa shape index (κ3) is 5.62. The van der Waals surface area contributed by atoms with E-state index in [1.807, 2.05) is 34.0 Å². The van der Waals surface area contributed by atoms with E-state index in [2.05, 4.69) is 57.1 Å². The number of hydrogen-bond donors (Lipinski definition) is 1. The molecule has 1 aliphatic carbocycles. The third-order valence-electron chi connectivity index (χ3n) is 7.73. The summed E-state index contributed by atoms with van der Waals surface area (Å²) >= 11 is 0. The van der Waals surface area contributed by atoms with Crippen LogP contribution in [0.4, 0.5) is 10.7 Å². The monoisotopic (exact) mass is 496 g/mol. The van der Waals surface area contributed by atoms with Gasteiger partial charge in [-0.1, -0.05) is 6.07 Å². The first-order chi connectivity index (χ1) is 16.6. The molecule has 0 radical (unpaired) electrons. The number of nitrogens with zero attached hydrogens (tertiary/aromatic N) is 3. The maximum Gasteiger partial charge on any atom is 0.495 e. The number of anilines is 1. The van der Waals surface area contributed by atoms with E-state index in [0.717, 1.165) is 47.6 Å². The van der Waals surface area contributed by atoms with Gasteiger partial charge in [0.2, 0.25) is 5.95 Å². The normalized spacial score (nSPS) is 23.5. The Morgan fingerprint density at radius 1 is 1.11 bits per heavy atom. The summed E-state index contributed by atoms with van der Waals surface area (Å²) in [6, 6.07) is 4.62. The van der Waals surface area contributed by atoms with Crippen molar-refractivity contribution in [3.8, 4) is 0 Å². The molecule has 1 aromatic carbocycles. The fourth-order valence-electron chi connectivity index (χ4n) is 4.77. The predicted molar refractivity (Wildman–Crippen MR) is 144 cm³/mol. The zero-order valence-corrected chi connectivity index (χ0v) is 23.3. The summed E-state index contributed by atoms with van der Waals surface area (Å²) in [5.41, 5.74) is 1.73. The van der Waals surface area contributed by atoms with Crippen LogP contribution in [0.5, 0.6) is 0 Å². The molecule has 0 atom stereocenters. The molecule has 1 saturated carbocycles. The van der Waals surface area contributed by atoms with Gasteiger partial charge in [0, 0.05) is 30.7 Å². The summed E-state index contributed by atoms with van der Waals surface area (Å²) in [6.07, 6.45) is 5.32. The molecule has 4 rings (SSSR count). The van der Waals surface area contributed by atoms with E-state index in [0.29, 0.717) is 5.95 Å². The number of nitrogens with one attached hydrogen (secondary N) is 1. The average Bonchev–Trinajstić information content (AvgIpc) is 2.98. The minimum atomic E-state index is -0.485. The van der Waals surface area contributed by atoms with Crippen LogP contribution in [0.25, 0.3) is 10.9 Å². The largest absolute Gasteiger partial charge is 0.495 e. The smallest absolute Gasteiger partial charge is 0.444 e. The Hall–Kier alpha value is -2.39. The van der Waals surface area contributed by atoms with Gasteiger partial charge in [-0.05, 0) is 98.2 Å². The Morgan fingerprint density at radius 2 is 1.72 bits per heavy atom. The molecule has 1 amide bonds. The molecule has 8 nitrogen and oxygen atoms in total. The van der Waals surface area contributed by atoms with E-state index in [1.54, 1.807) is 4.90 Å². The summed E-state index contributed by atoms with van der Waals surface area (Å²) in [5.74, 6) is 0.634. The van der Waals surface area contributed by atoms with Crippen molar-refractivity contribution in [1.82, 2.24) is 14.9 Å². The Balaban J connectivity index is 1.39. The van der Waals surface area contributed by atoms with E-state index >= 15 is 0 Å². The first-order valence-corrected chi connectivity index (χ1v) is 13.0. The van der Waals surface area contributed by atoms with Crippen molar-refractivity contribution < 1.29 is 18.8 Å². The van der Waals surface area contributed by atoms with Gasteiger partial charge in [0.1, 0.15) is 5.60 Å². The van der Waals surface area contributed by atoms with Crippen LogP contribution in [0, 0.1) is 6.92 Å². The van der Waals surface area contributed by atoms with Crippen LogP contribution < -0.4 is 10.8 Å². The Morgan fingerprint density at radius 3 is 2.31 bits per heavy atom. The van der Waals surface area contributed by atoms with Crippen LogP contribution >= 0.6 is 0 Å². The van der Waals surface area contributed by atoms with Crippen molar-refractivity contribution in [3.63, 3.8) is 0 Å². The lowest BCUT2D eigenvalue weighted by molar-refractivity contribution is 0.00578. The van der Waals surface area contributed by atoms with Crippen molar-refractivity contribution in [2.75, 3.05) is 12.4 Å². The van der Waals surface area contributed by atoms with E-state index in [4.69, 9.17) is 19.0 Å². The SMILES string of the molecule is Cc1cc2nc(NC3CCC(N(C)C(=O)OC(C)(C)C)CC3)ncc2cc1B1OC(C)(C)C(C)(C)O1. The molecular formula is C27H41BN4O4. The van der Waals surface area contributed by atoms with Crippen molar-refractivity contribution in [2.24, 2.45) is 0 Å². The molecule has 2 heterocycles. The van der Waals surface area contributed by atoms with Gasteiger partial charge in [-0.15, -0.1) is 0 Å². The summed E-state index contributed by atoms with van der Waals surface area (Å²) < 4.78 is 18.0. The summed E-state index contributed by atoms with van der Waals surface area (Å²) in [4.78, 5) is 23.5. The van der Waals surface area contributed by atoms with E-state index < -0.39 is 12.7 Å². The third-order valence-corrected chi connectivity index (χ3v) is 7.73. The lowest BCUT2D eigenvalue weighted by Gasteiger charge is -2.35. The maximum atomic E-state index is 12.4. The molecule has 1 aliphatic heterocycles. The molecule has 1 N–H and O–H groups in total. The van der Waals surface area contributed by atoms with Gasteiger partial charge in [-0.25, -0.2) is 14.8 Å². The number of amides is 1. The maximum absolute atomic E-state index is 12.4. The number of aryl methyl sites for hydroxylation is 1. The summed E-state index contributed by atoms with van der Waals surface area (Å²) in [7, 11) is 1.42. The van der Waals surface area contributed by atoms with Gasteiger partial charge in [0.25, 0.3) is 0 Å². The van der Waals surface area contributed by atoms with Crippen molar-refractivity contribution in [3.05, 3.63) is 23.9 Å². The lowest BCUT2D eigenvalue weighted by atomic mass is 9.75. The minimum absolute atomic E-state index is 0.187. The van der Waals surface area contributed by atoms with Crippen molar-refractivity contribution in [1.29, 1.82) is 0 Å². The molecule has 36 heavy (non-hydrogen) atoms. The van der Waals surface area contributed by atoms with Crippen LogP contribution in [0.3, 0.4) is 0 Å². The van der Waals surface area contributed by atoms with Gasteiger partial charge < -0.3 is 24.3 Å². The molecule has 0 bridgehead atoms. The predicted octanol–water partition coefficient (Wildman–Crippen LogP) is 4.83. The van der Waals surface area contributed by atoms with Crippen LogP contribution in [0.1, 0.15) is 79.7 Å². The number of ether oxygens (including phenoxy) is 1. The number of hydrogen-bond acceptors (Lipinski definition) is 7. The topological polar surface area (TPSA) is 85.8 Å². The Kier molecular flexibility index (Phi) is 7.03. The van der Waals surface area contributed by atoms with Gasteiger partial charge in [-0.3, -0.25) is 0 Å². The molecule has 2 aromatic rings. The fraction of sp³-hybridized carbons (Fsp3) is 0.667. The first-order valence-electron chi connectivity index (χ1n) is 13.0. The van der Waals surface area contributed by atoms with Gasteiger partial charge in [-0.2, -0.15) is 0 Å². The average molecular weight is 496 g/mol. The highest BCUT2D eigenvalue weighted by Gasteiger charge is 2.52. The molecule has 0 unspecified atom stereocenters. The van der Waals surface area contributed by atoms with Crippen LogP contribution in [0.15, 0.2) is 18.3 Å².